The zero-order chi connectivity index (χ0) is 9.84. The fourth-order valence-corrected chi connectivity index (χ4v) is 1.48. The van der Waals surface area contributed by atoms with Crippen molar-refractivity contribution in [1.29, 1.82) is 10.7 Å². The van der Waals surface area contributed by atoms with E-state index in [0.717, 1.165) is 17.3 Å². The van der Waals surface area contributed by atoms with Gasteiger partial charge in [-0.1, -0.05) is 0 Å². The normalized spacial score (nSPS) is 9.23. The Kier molecular flexibility index (Phi) is 2.88. The lowest BCUT2D eigenvalue weighted by molar-refractivity contribution is 1.09. The van der Waals surface area contributed by atoms with Gasteiger partial charge in [0.25, 0.3) is 0 Å². The van der Waals surface area contributed by atoms with Crippen LogP contribution in [0.25, 0.3) is 0 Å². The first-order valence-corrected chi connectivity index (χ1v) is 4.34. The molecule has 0 aliphatic heterocycles. The molecule has 0 saturated carbocycles. The molecule has 4 nitrogen and oxygen atoms in total. The smallest absolute Gasteiger partial charge is 0.157 e. The molecule has 0 atom stereocenters. The molecule has 1 rings (SSSR count). The molecule has 1 aromatic rings. The highest BCUT2D eigenvalue weighted by atomic mass is 32.2. The van der Waals surface area contributed by atoms with Crippen LogP contribution in [0.15, 0.2) is 17.3 Å². The number of hydrogen-bond acceptors (Lipinski definition) is 4. The largest absolute Gasteiger partial charge is 0.378 e. The number of nitriles is 1. The number of amidine groups is 1. The van der Waals surface area contributed by atoms with Gasteiger partial charge in [0.15, 0.2) is 5.17 Å². The molecule has 0 fully saturated rings. The summed E-state index contributed by atoms with van der Waals surface area (Å²) in [7, 11) is 0. The fourth-order valence-electron chi connectivity index (χ4n) is 0.851. The number of nitrogens with one attached hydrogen (secondary N) is 1. The minimum Gasteiger partial charge on any atom is -0.378 e. The lowest BCUT2D eigenvalue weighted by Crippen LogP contribution is -2.05. The third kappa shape index (κ3) is 2.20. The Morgan fingerprint density at radius 2 is 2.46 bits per heavy atom. The van der Waals surface area contributed by atoms with Gasteiger partial charge in [-0.25, -0.2) is 4.98 Å². The number of rotatable bonds is 1. The predicted molar refractivity (Wildman–Crippen MR) is 51.5 cm³/mol. The van der Waals surface area contributed by atoms with Crippen molar-refractivity contribution in [3.05, 3.63) is 23.4 Å². The molecule has 3 N–H and O–H groups in total. The first-order valence-electron chi connectivity index (χ1n) is 3.52. The van der Waals surface area contributed by atoms with Crippen molar-refractivity contribution < 1.29 is 0 Å². The Bertz CT molecular complexity index is 380. The van der Waals surface area contributed by atoms with Gasteiger partial charge in [0.05, 0.1) is 5.56 Å². The second-order valence-electron chi connectivity index (χ2n) is 2.39. The third-order valence-corrected chi connectivity index (χ3v) is 2.17. The van der Waals surface area contributed by atoms with Crippen molar-refractivity contribution in [3.8, 4) is 6.07 Å². The molecule has 0 radical (unpaired) electrons. The Labute approximate surface area is 80.3 Å². The average molecular weight is 192 g/mol. The van der Waals surface area contributed by atoms with Crippen LogP contribution in [-0.2, 0) is 0 Å². The number of aromatic nitrogens is 1. The Balaban J connectivity index is 3.14. The zero-order valence-electron chi connectivity index (χ0n) is 7.03. The minimum atomic E-state index is -0.0606. The van der Waals surface area contributed by atoms with Gasteiger partial charge in [-0.05, 0) is 30.3 Å². The molecular weight excluding hydrogens is 184 g/mol. The van der Waals surface area contributed by atoms with E-state index < -0.39 is 0 Å². The lowest BCUT2D eigenvalue weighted by Gasteiger charge is -2.02. The first-order chi connectivity index (χ1) is 6.15. The van der Waals surface area contributed by atoms with Crippen molar-refractivity contribution >= 4 is 16.9 Å². The summed E-state index contributed by atoms with van der Waals surface area (Å²) in [6.07, 6.45) is 1.60. The van der Waals surface area contributed by atoms with Crippen LogP contribution in [0.3, 0.4) is 0 Å². The fraction of sp³-hybridized carbons (Fsp3) is 0.125. The highest BCUT2D eigenvalue weighted by molar-refractivity contribution is 8.13. The van der Waals surface area contributed by atoms with E-state index in [-0.39, 0.29) is 5.17 Å². The van der Waals surface area contributed by atoms with E-state index in [2.05, 4.69) is 4.98 Å². The highest BCUT2D eigenvalue weighted by Crippen LogP contribution is 2.21. The van der Waals surface area contributed by atoms with Crippen LogP contribution in [0, 0.1) is 23.7 Å². The van der Waals surface area contributed by atoms with Crippen LogP contribution in [0.4, 0.5) is 0 Å². The van der Waals surface area contributed by atoms with Gasteiger partial charge in [-0.15, -0.1) is 0 Å². The summed E-state index contributed by atoms with van der Waals surface area (Å²) in [6.45, 7) is 1.82. The monoisotopic (exact) mass is 192 g/mol. The summed E-state index contributed by atoms with van der Waals surface area (Å²) >= 11 is 0.991. The maximum absolute atomic E-state index is 8.80. The zero-order valence-corrected chi connectivity index (χ0v) is 7.85. The van der Waals surface area contributed by atoms with E-state index in [1.54, 1.807) is 12.3 Å². The third-order valence-electron chi connectivity index (χ3n) is 1.44. The van der Waals surface area contributed by atoms with Gasteiger partial charge in [-0.2, -0.15) is 5.26 Å². The topological polar surface area (TPSA) is 86.6 Å². The van der Waals surface area contributed by atoms with Gasteiger partial charge >= 0.3 is 0 Å². The van der Waals surface area contributed by atoms with Gasteiger partial charge in [0, 0.05) is 6.20 Å². The second-order valence-corrected chi connectivity index (χ2v) is 3.42. The number of aryl methyl sites for hydroxylation is 1. The number of hydrogen-bond donors (Lipinski definition) is 2. The van der Waals surface area contributed by atoms with Gasteiger partial charge < -0.3 is 5.73 Å². The molecule has 0 spiro atoms. The number of thioether (sulfide) groups is 1. The van der Waals surface area contributed by atoms with E-state index in [9.17, 15) is 0 Å². The molecule has 0 amide bonds. The van der Waals surface area contributed by atoms with E-state index in [1.165, 1.54) is 0 Å². The minimum absolute atomic E-state index is 0.0606. The first kappa shape index (κ1) is 9.55. The number of pyridine rings is 1. The Morgan fingerprint density at radius 1 is 1.77 bits per heavy atom. The van der Waals surface area contributed by atoms with Crippen LogP contribution < -0.4 is 5.73 Å². The second kappa shape index (κ2) is 3.92. The van der Waals surface area contributed by atoms with E-state index in [1.807, 2.05) is 13.0 Å². The lowest BCUT2D eigenvalue weighted by atomic mass is 10.2. The molecule has 13 heavy (non-hydrogen) atoms. The summed E-state index contributed by atoms with van der Waals surface area (Å²) in [4.78, 5) is 3.97. The van der Waals surface area contributed by atoms with Crippen molar-refractivity contribution in [2.45, 2.75) is 11.9 Å². The molecule has 0 unspecified atom stereocenters. The molecule has 0 aromatic carbocycles. The summed E-state index contributed by atoms with van der Waals surface area (Å²) in [5, 5.41) is 16.3. The standard InChI is InChI=1S/C8H8N4S/c1-5-2-3-12-7(6(5)4-9)13-8(10)11/h2-3H,1H3,(H3,10,11). The molecular formula is C8H8N4S. The molecule has 5 heteroatoms. The Hall–Kier alpha value is -1.54. The Morgan fingerprint density at radius 3 is 3.00 bits per heavy atom. The molecule has 0 aliphatic carbocycles. The van der Waals surface area contributed by atoms with Crippen LogP contribution in [0.2, 0.25) is 0 Å². The molecule has 66 valence electrons. The summed E-state index contributed by atoms with van der Waals surface area (Å²) in [5.41, 5.74) is 6.53. The van der Waals surface area contributed by atoms with Crippen LogP contribution in [0.5, 0.6) is 0 Å². The van der Waals surface area contributed by atoms with Crippen molar-refractivity contribution in [2.24, 2.45) is 5.73 Å². The molecule has 0 aliphatic rings. The molecule has 0 saturated heterocycles. The van der Waals surface area contributed by atoms with Gasteiger partial charge in [-0.3, -0.25) is 5.41 Å². The van der Waals surface area contributed by atoms with E-state index in [4.69, 9.17) is 16.4 Å². The predicted octanol–water partition coefficient (Wildman–Crippen LogP) is 1.25. The molecule has 1 aromatic heterocycles. The average Bonchev–Trinajstić information content (AvgIpc) is 2.03. The van der Waals surface area contributed by atoms with Crippen LogP contribution >= 0.6 is 11.8 Å². The van der Waals surface area contributed by atoms with Gasteiger partial charge in [0.2, 0.25) is 0 Å². The van der Waals surface area contributed by atoms with E-state index in [0.29, 0.717) is 10.6 Å². The summed E-state index contributed by atoms with van der Waals surface area (Å²) in [5.74, 6) is 0. The number of nitrogens with two attached hydrogens (primary N) is 1. The van der Waals surface area contributed by atoms with Gasteiger partial charge in [0.1, 0.15) is 11.1 Å². The molecule has 1 heterocycles. The van der Waals surface area contributed by atoms with Crippen LogP contribution in [-0.4, -0.2) is 10.2 Å². The SMILES string of the molecule is Cc1ccnc(SC(=N)N)c1C#N. The van der Waals surface area contributed by atoms with Crippen LogP contribution in [0.1, 0.15) is 11.1 Å². The quantitative estimate of drug-likeness (QED) is 0.398. The molecule has 0 bridgehead atoms. The maximum Gasteiger partial charge on any atom is 0.157 e. The van der Waals surface area contributed by atoms with Crippen molar-refractivity contribution in [2.75, 3.05) is 0 Å². The highest BCUT2D eigenvalue weighted by Gasteiger charge is 2.07. The number of nitrogens with zero attached hydrogens (tertiary/aromatic N) is 2. The maximum atomic E-state index is 8.80. The van der Waals surface area contributed by atoms with Crippen molar-refractivity contribution in [1.82, 2.24) is 4.98 Å². The van der Waals surface area contributed by atoms with E-state index >= 15 is 0 Å². The summed E-state index contributed by atoms with van der Waals surface area (Å²) in [6, 6.07) is 3.79. The van der Waals surface area contributed by atoms with Crippen molar-refractivity contribution in [3.63, 3.8) is 0 Å². The summed E-state index contributed by atoms with van der Waals surface area (Å²) < 4.78 is 0.